The van der Waals surface area contributed by atoms with Gasteiger partial charge >= 0.3 is 0 Å². The number of nitrogens with zero attached hydrogens (tertiary/aromatic N) is 2. The summed E-state index contributed by atoms with van der Waals surface area (Å²) in [6.07, 6.45) is 4.22. The number of benzene rings is 3. The molecule has 0 saturated carbocycles. The quantitative estimate of drug-likeness (QED) is 0.515. The summed E-state index contributed by atoms with van der Waals surface area (Å²) in [5, 5.41) is 11.2. The molecule has 0 spiro atoms. The van der Waals surface area contributed by atoms with Crippen LogP contribution < -0.4 is 0 Å². The highest BCUT2D eigenvalue weighted by Gasteiger charge is 2.44. The molecular weight excluding hydrogens is 444 g/mol. The Bertz CT molecular complexity index is 1080. The molecule has 0 aromatic heterocycles. The molecule has 2 heterocycles. The van der Waals surface area contributed by atoms with Gasteiger partial charge in [0.25, 0.3) is 0 Å². The van der Waals surface area contributed by atoms with Gasteiger partial charge in [0.15, 0.2) is 0 Å². The van der Waals surface area contributed by atoms with Crippen molar-refractivity contribution in [2.45, 2.75) is 56.1 Å². The van der Waals surface area contributed by atoms with E-state index in [9.17, 15) is 9.90 Å². The molecule has 4 nitrogen and oxygen atoms in total. The third-order valence-corrected chi connectivity index (χ3v) is 8.63. The SMILES string of the molecule is CCC(C(=O)N1CCC(N2CCC(O)(c3ccccc3)CC2)CC1)(c1ccccc1)c1ccccc1. The Kier molecular flexibility index (Phi) is 7.27. The highest BCUT2D eigenvalue weighted by Crippen LogP contribution is 2.39. The van der Waals surface area contributed by atoms with Gasteiger partial charge in [0.2, 0.25) is 5.91 Å². The smallest absolute Gasteiger partial charge is 0.237 e. The molecule has 2 saturated heterocycles. The van der Waals surface area contributed by atoms with E-state index in [1.165, 1.54) is 0 Å². The fraction of sp³-hybridized carbons (Fsp3) is 0.406. The Hall–Kier alpha value is -2.95. The van der Waals surface area contributed by atoms with E-state index >= 15 is 0 Å². The zero-order valence-corrected chi connectivity index (χ0v) is 21.4. The molecule has 3 aromatic carbocycles. The number of aliphatic hydroxyl groups is 1. The fourth-order valence-corrected chi connectivity index (χ4v) is 6.42. The van der Waals surface area contributed by atoms with Crippen LogP contribution in [0.2, 0.25) is 0 Å². The van der Waals surface area contributed by atoms with Crippen LogP contribution in [-0.2, 0) is 15.8 Å². The predicted molar refractivity (Wildman–Crippen MR) is 145 cm³/mol. The molecule has 1 amide bonds. The van der Waals surface area contributed by atoms with Crippen molar-refractivity contribution in [1.29, 1.82) is 0 Å². The van der Waals surface area contributed by atoms with Crippen molar-refractivity contribution in [2.24, 2.45) is 0 Å². The molecule has 188 valence electrons. The third-order valence-electron chi connectivity index (χ3n) is 8.63. The highest BCUT2D eigenvalue weighted by molar-refractivity contribution is 5.92. The van der Waals surface area contributed by atoms with E-state index in [0.717, 1.165) is 75.0 Å². The summed E-state index contributed by atoms with van der Waals surface area (Å²) in [5.74, 6) is 0.220. The lowest BCUT2D eigenvalue weighted by molar-refractivity contribution is -0.138. The summed E-state index contributed by atoms with van der Waals surface area (Å²) >= 11 is 0. The van der Waals surface area contributed by atoms with Crippen LogP contribution >= 0.6 is 0 Å². The van der Waals surface area contributed by atoms with E-state index in [1.807, 2.05) is 66.7 Å². The van der Waals surface area contributed by atoms with Crippen molar-refractivity contribution < 1.29 is 9.90 Å². The molecule has 0 unspecified atom stereocenters. The third kappa shape index (κ3) is 4.60. The first-order chi connectivity index (χ1) is 17.6. The number of piperidine rings is 2. The summed E-state index contributed by atoms with van der Waals surface area (Å²) in [4.78, 5) is 18.9. The Morgan fingerprint density at radius 1 is 0.806 bits per heavy atom. The second-order valence-corrected chi connectivity index (χ2v) is 10.4. The number of hydrogen-bond acceptors (Lipinski definition) is 3. The molecule has 5 rings (SSSR count). The second kappa shape index (κ2) is 10.6. The Labute approximate surface area is 215 Å². The van der Waals surface area contributed by atoms with Crippen LogP contribution in [0.3, 0.4) is 0 Å². The average molecular weight is 483 g/mol. The minimum Gasteiger partial charge on any atom is -0.385 e. The maximum atomic E-state index is 14.3. The van der Waals surface area contributed by atoms with Crippen molar-refractivity contribution in [1.82, 2.24) is 9.80 Å². The minimum absolute atomic E-state index is 0.220. The highest BCUT2D eigenvalue weighted by atomic mass is 16.3. The number of rotatable bonds is 6. The van der Waals surface area contributed by atoms with Gasteiger partial charge in [-0.15, -0.1) is 0 Å². The minimum atomic E-state index is -0.722. The van der Waals surface area contributed by atoms with Crippen molar-refractivity contribution >= 4 is 5.91 Å². The average Bonchev–Trinajstić information content (AvgIpc) is 2.96. The molecular formula is C32H38N2O2. The molecule has 3 aromatic rings. The summed E-state index contributed by atoms with van der Waals surface area (Å²) < 4.78 is 0. The maximum absolute atomic E-state index is 14.3. The van der Waals surface area contributed by atoms with Crippen LogP contribution in [0.1, 0.15) is 55.7 Å². The van der Waals surface area contributed by atoms with Gasteiger partial charge in [-0.3, -0.25) is 4.79 Å². The Balaban J connectivity index is 1.27. The van der Waals surface area contributed by atoms with E-state index in [0.29, 0.717) is 6.04 Å². The van der Waals surface area contributed by atoms with Crippen molar-refractivity contribution in [2.75, 3.05) is 26.2 Å². The van der Waals surface area contributed by atoms with Gasteiger partial charge in [0.1, 0.15) is 0 Å². The number of amides is 1. The Morgan fingerprint density at radius 2 is 1.28 bits per heavy atom. The van der Waals surface area contributed by atoms with Gasteiger partial charge < -0.3 is 14.9 Å². The van der Waals surface area contributed by atoms with Gasteiger partial charge in [-0.05, 0) is 48.8 Å². The van der Waals surface area contributed by atoms with Crippen LogP contribution in [0.25, 0.3) is 0 Å². The first-order valence-electron chi connectivity index (χ1n) is 13.5. The zero-order valence-electron chi connectivity index (χ0n) is 21.4. The lowest BCUT2D eigenvalue weighted by Gasteiger charge is -2.46. The van der Waals surface area contributed by atoms with E-state index in [4.69, 9.17) is 0 Å². The van der Waals surface area contributed by atoms with Gasteiger partial charge in [-0.2, -0.15) is 0 Å². The number of carbonyl (C=O) groups is 1. The lowest BCUT2D eigenvalue weighted by atomic mass is 9.71. The molecule has 0 bridgehead atoms. The summed E-state index contributed by atoms with van der Waals surface area (Å²) in [6.45, 7) is 5.49. The van der Waals surface area contributed by atoms with Gasteiger partial charge in [-0.25, -0.2) is 0 Å². The first kappa shape index (κ1) is 24.7. The lowest BCUT2D eigenvalue weighted by Crippen LogP contribution is -2.54. The standard InChI is InChI=1S/C32H38N2O2/c1-2-32(27-14-8-4-9-15-27,28-16-10-5-11-17-28)30(35)34-22-18-29(19-23-34)33-24-20-31(36,21-25-33)26-12-6-3-7-13-26/h3-17,29,36H,2,18-25H2,1H3. The van der Waals surface area contributed by atoms with Crippen LogP contribution in [-0.4, -0.2) is 53.0 Å². The summed E-state index contributed by atoms with van der Waals surface area (Å²) in [7, 11) is 0. The monoisotopic (exact) mass is 482 g/mol. The molecule has 1 N–H and O–H groups in total. The van der Waals surface area contributed by atoms with Crippen LogP contribution in [0, 0.1) is 0 Å². The molecule has 36 heavy (non-hydrogen) atoms. The predicted octanol–water partition coefficient (Wildman–Crippen LogP) is 5.36. The normalized spacial score (nSPS) is 19.2. The van der Waals surface area contributed by atoms with E-state index in [-0.39, 0.29) is 5.91 Å². The van der Waals surface area contributed by atoms with E-state index in [1.54, 1.807) is 0 Å². The summed E-state index contributed by atoms with van der Waals surface area (Å²) in [5.41, 5.74) is 1.79. The molecule has 0 radical (unpaired) electrons. The van der Waals surface area contributed by atoms with Gasteiger partial charge in [-0.1, -0.05) is 97.9 Å². The Morgan fingerprint density at radius 3 is 1.75 bits per heavy atom. The fourth-order valence-electron chi connectivity index (χ4n) is 6.42. The molecule has 2 fully saturated rings. The molecule has 0 atom stereocenters. The maximum Gasteiger partial charge on any atom is 0.237 e. The molecule has 4 heteroatoms. The molecule has 2 aliphatic heterocycles. The number of carbonyl (C=O) groups excluding carboxylic acids is 1. The second-order valence-electron chi connectivity index (χ2n) is 10.4. The summed E-state index contributed by atoms with van der Waals surface area (Å²) in [6, 6.07) is 31.1. The number of likely N-dealkylation sites (tertiary alicyclic amines) is 2. The largest absolute Gasteiger partial charge is 0.385 e. The topological polar surface area (TPSA) is 43.8 Å². The van der Waals surface area contributed by atoms with Crippen molar-refractivity contribution in [3.63, 3.8) is 0 Å². The van der Waals surface area contributed by atoms with Gasteiger partial charge in [0, 0.05) is 32.2 Å². The van der Waals surface area contributed by atoms with Crippen molar-refractivity contribution in [3.8, 4) is 0 Å². The van der Waals surface area contributed by atoms with Crippen LogP contribution in [0.15, 0.2) is 91.0 Å². The van der Waals surface area contributed by atoms with Crippen LogP contribution in [0.4, 0.5) is 0 Å². The first-order valence-corrected chi connectivity index (χ1v) is 13.5. The van der Waals surface area contributed by atoms with E-state index in [2.05, 4.69) is 41.0 Å². The van der Waals surface area contributed by atoms with Crippen LogP contribution in [0.5, 0.6) is 0 Å². The number of hydrogen-bond donors (Lipinski definition) is 1. The molecule has 0 aliphatic carbocycles. The van der Waals surface area contributed by atoms with E-state index < -0.39 is 11.0 Å². The molecule has 2 aliphatic rings. The van der Waals surface area contributed by atoms with Crippen molar-refractivity contribution in [3.05, 3.63) is 108 Å². The zero-order chi connectivity index (χ0) is 25.0. The van der Waals surface area contributed by atoms with Gasteiger partial charge in [0.05, 0.1) is 11.0 Å².